The summed E-state index contributed by atoms with van der Waals surface area (Å²) >= 11 is 0. The van der Waals surface area contributed by atoms with Crippen LogP contribution < -0.4 is 9.47 Å². The molecule has 1 heterocycles. The van der Waals surface area contributed by atoms with Crippen molar-refractivity contribution in [2.24, 2.45) is 0 Å². The molecule has 1 aliphatic carbocycles. The minimum absolute atomic E-state index is 0.0330. The van der Waals surface area contributed by atoms with E-state index in [0.29, 0.717) is 35.9 Å². The second-order valence-corrected chi connectivity index (χ2v) is 8.50. The van der Waals surface area contributed by atoms with Crippen LogP contribution in [0.1, 0.15) is 50.7 Å². The third-order valence-electron chi connectivity index (χ3n) is 6.28. The fourth-order valence-corrected chi connectivity index (χ4v) is 4.50. The highest BCUT2D eigenvalue weighted by Gasteiger charge is 2.40. The van der Waals surface area contributed by atoms with Gasteiger partial charge in [0.25, 0.3) is 11.8 Å². The van der Waals surface area contributed by atoms with Crippen LogP contribution in [0.4, 0.5) is 0 Å². The molecular formula is C28H28N2O4. The topological polar surface area (TPSA) is 79.6 Å². The van der Waals surface area contributed by atoms with Crippen LogP contribution in [-0.4, -0.2) is 29.4 Å². The van der Waals surface area contributed by atoms with Crippen molar-refractivity contribution in [2.75, 3.05) is 6.61 Å². The third kappa shape index (κ3) is 4.74. The van der Waals surface area contributed by atoms with Gasteiger partial charge in [-0.1, -0.05) is 49.2 Å². The summed E-state index contributed by atoms with van der Waals surface area (Å²) in [7, 11) is 0. The zero-order chi connectivity index (χ0) is 24.1. The Kier molecular flexibility index (Phi) is 7.12. The molecule has 0 spiro atoms. The normalized spacial score (nSPS) is 17.9. The molecule has 0 atom stereocenters. The fourth-order valence-electron chi connectivity index (χ4n) is 4.50. The molecule has 2 aromatic carbocycles. The molecule has 0 saturated heterocycles. The molecule has 2 aromatic rings. The number of hydrogen-bond acceptors (Lipinski definition) is 5. The number of benzene rings is 2. The van der Waals surface area contributed by atoms with Gasteiger partial charge in [0.2, 0.25) is 0 Å². The van der Waals surface area contributed by atoms with E-state index in [2.05, 4.69) is 0 Å². The van der Waals surface area contributed by atoms with E-state index < -0.39 is 5.91 Å². The van der Waals surface area contributed by atoms with E-state index in [1.807, 2.05) is 61.5 Å². The largest absolute Gasteiger partial charge is 0.490 e. The van der Waals surface area contributed by atoms with Gasteiger partial charge in [-0.15, -0.1) is 0 Å². The molecule has 6 heteroatoms. The van der Waals surface area contributed by atoms with E-state index in [1.54, 1.807) is 13.0 Å². The number of nitrogens with zero attached hydrogens (tertiary/aromatic N) is 2. The van der Waals surface area contributed by atoms with Crippen molar-refractivity contribution < 1.29 is 19.1 Å². The second-order valence-electron chi connectivity index (χ2n) is 8.50. The Bertz CT molecular complexity index is 1180. The van der Waals surface area contributed by atoms with Gasteiger partial charge in [-0.25, -0.2) is 0 Å². The summed E-state index contributed by atoms with van der Waals surface area (Å²) in [5, 5.41) is 9.64. The molecule has 6 nitrogen and oxygen atoms in total. The highest BCUT2D eigenvalue weighted by molar-refractivity contribution is 6.19. The van der Waals surface area contributed by atoms with E-state index in [0.717, 1.165) is 36.8 Å². The van der Waals surface area contributed by atoms with Gasteiger partial charge in [0, 0.05) is 11.6 Å². The average molecular weight is 457 g/mol. The van der Waals surface area contributed by atoms with Gasteiger partial charge in [-0.2, -0.15) is 5.26 Å². The van der Waals surface area contributed by atoms with Crippen molar-refractivity contribution in [3.8, 4) is 17.6 Å². The fraction of sp³-hybridized carbons (Fsp3) is 0.321. The summed E-state index contributed by atoms with van der Waals surface area (Å²) in [6.45, 7) is 4.43. The van der Waals surface area contributed by atoms with Gasteiger partial charge in [-0.05, 0) is 61.6 Å². The first-order chi connectivity index (χ1) is 16.5. The van der Waals surface area contributed by atoms with Gasteiger partial charge in [0.1, 0.15) is 18.2 Å². The van der Waals surface area contributed by atoms with Crippen molar-refractivity contribution >= 4 is 17.9 Å². The Morgan fingerprint density at radius 3 is 2.44 bits per heavy atom. The summed E-state index contributed by atoms with van der Waals surface area (Å²) in [4.78, 5) is 27.6. The van der Waals surface area contributed by atoms with Crippen molar-refractivity contribution in [3.63, 3.8) is 0 Å². The van der Waals surface area contributed by atoms with E-state index in [4.69, 9.17) is 9.47 Å². The maximum absolute atomic E-state index is 13.4. The molecule has 0 bridgehead atoms. The van der Waals surface area contributed by atoms with Gasteiger partial charge in [0.15, 0.2) is 11.5 Å². The molecule has 174 valence electrons. The number of carbonyl (C=O) groups is 2. The highest BCUT2D eigenvalue weighted by Crippen LogP contribution is 2.35. The molecule has 2 amide bonds. The number of nitriles is 1. The Morgan fingerprint density at radius 1 is 1.03 bits per heavy atom. The maximum atomic E-state index is 13.4. The third-order valence-corrected chi connectivity index (χ3v) is 6.28. The number of rotatable bonds is 7. The molecule has 0 radical (unpaired) electrons. The van der Waals surface area contributed by atoms with Crippen molar-refractivity contribution in [1.82, 2.24) is 4.90 Å². The Balaban J connectivity index is 1.66. The maximum Gasteiger partial charge on any atom is 0.271 e. The van der Waals surface area contributed by atoms with Crippen molar-refractivity contribution in [1.29, 1.82) is 5.26 Å². The van der Waals surface area contributed by atoms with Crippen LogP contribution >= 0.6 is 0 Å². The van der Waals surface area contributed by atoms with Crippen LogP contribution in [0.15, 0.2) is 65.3 Å². The second kappa shape index (κ2) is 10.4. The average Bonchev–Trinajstić information content (AvgIpc) is 3.37. The van der Waals surface area contributed by atoms with Gasteiger partial charge >= 0.3 is 0 Å². The van der Waals surface area contributed by atoms with E-state index in [9.17, 15) is 14.9 Å². The van der Waals surface area contributed by atoms with Crippen LogP contribution in [0.2, 0.25) is 0 Å². The molecule has 0 unspecified atom stereocenters. The Hall–Kier alpha value is -3.85. The molecule has 1 saturated carbocycles. The van der Waals surface area contributed by atoms with Crippen molar-refractivity contribution in [2.45, 2.75) is 52.2 Å². The molecule has 34 heavy (non-hydrogen) atoms. The molecule has 1 aliphatic heterocycles. The standard InChI is InChI=1S/C28H28N2O4/c1-3-33-26-16-21(13-14-25(26)34-18-20-9-5-4-6-10-20)15-23-19(2)24(17-29)28(32)30(27(23)31)22-11-7-8-12-22/h4-6,9-10,13-16,22H,3,7-8,11-12,18H2,1-2H3/b23-15+. The number of carbonyl (C=O) groups excluding carboxylic acids is 2. The van der Waals surface area contributed by atoms with Crippen LogP contribution in [0.5, 0.6) is 11.5 Å². The van der Waals surface area contributed by atoms with E-state index >= 15 is 0 Å². The minimum atomic E-state index is -0.478. The lowest BCUT2D eigenvalue weighted by Gasteiger charge is -2.32. The van der Waals surface area contributed by atoms with Crippen LogP contribution in [0.25, 0.3) is 6.08 Å². The first kappa shape index (κ1) is 23.3. The van der Waals surface area contributed by atoms with Crippen LogP contribution in [0, 0.1) is 11.3 Å². The predicted molar refractivity (Wildman–Crippen MR) is 129 cm³/mol. The summed E-state index contributed by atoms with van der Waals surface area (Å²) < 4.78 is 11.8. The molecule has 0 N–H and O–H groups in total. The lowest BCUT2D eigenvalue weighted by atomic mass is 9.92. The summed E-state index contributed by atoms with van der Waals surface area (Å²) in [5.41, 5.74) is 2.59. The van der Waals surface area contributed by atoms with Crippen LogP contribution in [0.3, 0.4) is 0 Å². The lowest BCUT2D eigenvalue weighted by molar-refractivity contribution is -0.143. The number of imide groups is 1. The molecule has 0 aromatic heterocycles. The minimum Gasteiger partial charge on any atom is -0.490 e. The van der Waals surface area contributed by atoms with Gasteiger partial charge in [0.05, 0.1) is 6.61 Å². The van der Waals surface area contributed by atoms with E-state index in [-0.39, 0.29) is 17.5 Å². The monoisotopic (exact) mass is 456 g/mol. The van der Waals surface area contributed by atoms with Gasteiger partial charge in [-0.3, -0.25) is 14.5 Å². The lowest BCUT2D eigenvalue weighted by Crippen LogP contribution is -2.47. The zero-order valence-electron chi connectivity index (χ0n) is 19.5. The molecule has 2 aliphatic rings. The molecular weight excluding hydrogens is 428 g/mol. The zero-order valence-corrected chi connectivity index (χ0v) is 19.5. The number of ether oxygens (including phenoxy) is 2. The van der Waals surface area contributed by atoms with E-state index in [1.165, 1.54) is 4.90 Å². The summed E-state index contributed by atoms with van der Waals surface area (Å²) in [5.74, 6) is 0.363. The number of amides is 2. The smallest absolute Gasteiger partial charge is 0.271 e. The number of hydrogen-bond donors (Lipinski definition) is 0. The van der Waals surface area contributed by atoms with Gasteiger partial charge < -0.3 is 9.47 Å². The Labute approximate surface area is 200 Å². The quantitative estimate of drug-likeness (QED) is 0.423. The summed E-state index contributed by atoms with van der Waals surface area (Å²) in [6, 6.07) is 17.2. The Morgan fingerprint density at radius 2 is 1.76 bits per heavy atom. The first-order valence-electron chi connectivity index (χ1n) is 11.7. The van der Waals surface area contributed by atoms with Crippen molar-refractivity contribution in [3.05, 3.63) is 76.4 Å². The predicted octanol–water partition coefficient (Wildman–Crippen LogP) is 5.20. The summed E-state index contributed by atoms with van der Waals surface area (Å²) in [6.07, 6.45) is 5.25. The molecule has 1 fully saturated rings. The first-order valence-corrected chi connectivity index (χ1v) is 11.7. The highest BCUT2D eigenvalue weighted by atomic mass is 16.5. The van der Waals surface area contributed by atoms with Crippen LogP contribution in [-0.2, 0) is 16.2 Å². The SMILES string of the molecule is CCOc1cc(/C=C2/C(=O)N(C3CCCC3)C(=O)C(C#N)=C2C)ccc1OCc1ccccc1. The molecule has 4 rings (SSSR count).